The largest absolute Gasteiger partial charge is 0.330 e. The van der Waals surface area contributed by atoms with Gasteiger partial charge in [-0.05, 0) is 30.0 Å². The molecule has 0 bridgehead atoms. The van der Waals surface area contributed by atoms with Crippen LogP contribution in [-0.4, -0.2) is 19.0 Å². The third-order valence-electron chi connectivity index (χ3n) is 3.02. The second-order valence-electron chi connectivity index (χ2n) is 5.47. The van der Waals surface area contributed by atoms with E-state index in [-0.39, 0.29) is 11.3 Å². The van der Waals surface area contributed by atoms with Crippen LogP contribution >= 0.6 is 0 Å². The summed E-state index contributed by atoms with van der Waals surface area (Å²) < 4.78 is 0. The summed E-state index contributed by atoms with van der Waals surface area (Å²) in [6.07, 6.45) is 0.398. The number of nitrogens with zero attached hydrogens (tertiary/aromatic N) is 1. The Balaban J connectivity index is 2.92. The average Bonchev–Trinajstić information content (AvgIpc) is 2.30. The van der Waals surface area contributed by atoms with Crippen LogP contribution in [0.3, 0.4) is 0 Å². The summed E-state index contributed by atoms with van der Waals surface area (Å²) in [5, 5.41) is 0. The van der Waals surface area contributed by atoms with Gasteiger partial charge in [0.05, 0.1) is 0 Å². The molecule has 1 aromatic rings. The van der Waals surface area contributed by atoms with Gasteiger partial charge in [-0.2, -0.15) is 0 Å². The number of hydrogen-bond acceptors (Lipinski definition) is 2. The summed E-state index contributed by atoms with van der Waals surface area (Å²) in [7, 11) is 0. The molecule has 2 N–H and O–H groups in total. The van der Waals surface area contributed by atoms with Crippen molar-refractivity contribution in [3.63, 3.8) is 0 Å². The number of amides is 1. The van der Waals surface area contributed by atoms with Gasteiger partial charge in [0.25, 0.3) is 0 Å². The molecular formula is C15H24N2O. The third-order valence-corrected chi connectivity index (χ3v) is 3.02. The summed E-state index contributed by atoms with van der Waals surface area (Å²) in [6, 6.07) is 8.21. The normalized spacial score (nSPS) is 11.4. The molecule has 0 aromatic heterocycles. The Bertz CT molecular complexity index is 390. The topological polar surface area (TPSA) is 46.3 Å². The Morgan fingerprint density at radius 3 is 2.17 bits per heavy atom. The SMILES string of the molecule is CCN(C(=O)CCN)c1ccc(C(C)(C)C)cc1. The second kappa shape index (κ2) is 6.01. The highest BCUT2D eigenvalue weighted by molar-refractivity contribution is 5.93. The molecule has 0 aliphatic heterocycles. The number of hydrogen-bond donors (Lipinski definition) is 1. The minimum atomic E-state index is 0.0866. The molecule has 18 heavy (non-hydrogen) atoms. The summed E-state index contributed by atoms with van der Waals surface area (Å²) in [6.45, 7) is 9.59. The maximum atomic E-state index is 11.9. The molecule has 0 aliphatic rings. The van der Waals surface area contributed by atoms with Crippen LogP contribution in [0.25, 0.3) is 0 Å². The molecule has 0 saturated carbocycles. The van der Waals surface area contributed by atoms with E-state index in [4.69, 9.17) is 5.73 Å². The number of carbonyl (C=O) groups is 1. The maximum Gasteiger partial charge on any atom is 0.228 e. The molecule has 0 aliphatic carbocycles. The maximum absolute atomic E-state index is 11.9. The van der Waals surface area contributed by atoms with Crippen LogP contribution in [0.5, 0.6) is 0 Å². The van der Waals surface area contributed by atoms with Gasteiger partial charge in [-0.1, -0.05) is 32.9 Å². The first kappa shape index (κ1) is 14.7. The Labute approximate surface area is 110 Å². The van der Waals surface area contributed by atoms with E-state index in [1.807, 2.05) is 19.1 Å². The van der Waals surface area contributed by atoms with E-state index in [1.165, 1.54) is 5.56 Å². The number of nitrogens with two attached hydrogens (primary N) is 1. The van der Waals surface area contributed by atoms with E-state index in [0.29, 0.717) is 19.5 Å². The van der Waals surface area contributed by atoms with Crippen LogP contribution in [0.4, 0.5) is 5.69 Å². The molecule has 0 spiro atoms. The van der Waals surface area contributed by atoms with Crippen molar-refractivity contribution >= 4 is 11.6 Å². The van der Waals surface area contributed by atoms with Gasteiger partial charge in [0.1, 0.15) is 0 Å². The Kier molecular flexibility index (Phi) is 4.91. The zero-order valence-corrected chi connectivity index (χ0v) is 11.9. The third kappa shape index (κ3) is 3.57. The van der Waals surface area contributed by atoms with Gasteiger partial charge in [-0.3, -0.25) is 4.79 Å². The smallest absolute Gasteiger partial charge is 0.228 e. The first-order valence-corrected chi connectivity index (χ1v) is 6.51. The van der Waals surface area contributed by atoms with Gasteiger partial charge in [0.15, 0.2) is 0 Å². The summed E-state index contributed by atoms with van der Waals surface area (Å²) in [4.78, 5) is 13.7. The zero-order chi connectivity index (χ0) is 13.8. The van der Waals surface area contributed by atoms with Crippen LogP contribution in [0.1, 0.15) is 39.7 Å². The highest BCUT2D eigenvalue weighted by Crippen LogP contribution is 2.25. The number of rotatable bonds is 4. The van der Waals surface area contributed by atoms with Crippen LogP contribution in [0, 0.1) is 0 Å². The average molecular weight is 248 g/mol. The molecule has 0 fully saturated rings. The summed E-state index contributed by atoms with van der Waals surface area (Å²) >= 11 is 0. The van der Waals surface area contributed by atoms with Crippen molar-refractivity contribution in [3.05, 3.63) is 29.8 Å². The fourth-order valence-electron chi connectivity index (χ4n) is 1.90. The highest BCUT2D eigenvalue weighted by Gasteiger charge is 2.16. The first-order chi connectivity index (χ1) is 8.40. The van der Waals surface area contributed by atoms with Crippen LogP contribution in [-0.2, 0) is 10.2 Å². The van der Waals surface area contributed by atoms with Crippen LogP contribution in [0.2, 0.25) is 0 Å². The van der Waals surface area contributed by atoms with Crippen molar-refractivity contribution in [2.75, 3.05) is 18.0 Å². The minimum Gasteiger partial charge on any atom is -0.330 e. The molecule has 0 radical (unpaired) electrons. The molecule has 0 unspecified atom stereocenters. The lowest BCUT2D eigenvalue weighted by Crippen LogP contribution is -2.32. The highest BCUT2D eigenvalue weighted by atomic mass is 16.2. The zero-order valence-electron chi connectivity index (χ0n) is 11.9. The standard InChI is InChI=1S/C15H24N2O/c1-5-17(14(18)10-11-16)13-8-6-12(7-9-13)15(2,3)4/h6-9H,5,10-11,16H2,1-4H3. The predicted octanol–water partition coefficient (Wildman–Crippen LogP) is 2.69. The van der Waals surface area contributed by atoms with Crippen molar-refractivity contribution in [1.82, 2.24) is 0 Å². The fraction of sp³-hybridized carbons (Fsp3) is 0.533. The molecule has 1 aromatic carbocycles. The molecule has 1 rings (SSSR count). The van der Waals surface area contributed by atoms with Crippen molar-refractivity contribution in [3.8, 4) is 0 Å². The lowest BCUT2D eigenvalue weighted by molar-refractivity contribution is -0.118. The molecule has 0 heterocycles. The Hall–Kier alpha value is -1.35. The molecule has 100 valence electrons. The molecule has 0 atom stereocenters. The van der Waals surface area contributed by atoms with Crippen molar-refractivity contribution < 1.29 is 4.79 Å². The lowest BCUT2D eigenvalue weighted by atomic mass is 9.87. The molecule has 3 heteroatoms. The van der Waals surface area contributed by atoms with E-state index >= 15 is 0 Å². The van der Waals surface area contributed by atoms with E-state index in [0.717, 1.165) is 5.69 Å². The minimum absolute atomic E-state index is 0.0866. The van der Waals surface area contributed by atoms with E-state index in [2.05, 4.69) is 32.9 Å². The Morgan fingerprint density at radius 1 is 1.22 bits per heavy atom. The van der Waals surface area contributed by atoms with E-state index in [1.54, 1.807) is 4.90 Å². The Morgan fingerprint density at radius 2 is 1.78 bits per heavy atom. The first-order valence-electron chi connectivity index (χ1n) is 6.51. The van der Waals surface area contributed by atoms with E-state index in [9.17, 15) is 4.79 Å². The molecule has 1 amide bonds. The van der Waals surface area contributed by atoms with E-state index < -0.39 is 0 Å². The summed E-state index contributed by atoms with van der Waals surface area (Å²) in [5.41, 5.74) is 7.79. The number of anilines is 1. The second-order valence-corrected chi connectivity index (χ2v) is 5.47. The van der Waals surface area contributed by atoms with Crippen LogP contribution in [0.15, 0.2) is 24.3 Å². The monoisotopic (exact) mass is 248 g/mol. The van der Waals surface area contributed by atoms with Gasteiger partial charge < -0.3 is 10.6 Å². The van der Waals surface area contributed by atoms with Crippen molar-refractivity contribution in [1.29, 1.82) is 0 Å². The number of carbonyl (C=O) groups excluding carboxylic acids is 1. The summed E-state index contributed by atoms with van der Waals surface area (Å²) in [5.74, 6) is 0.0866. The van der Waals surface area contributed by atoms with Gasteiger partial charge >= 0.3 is 0 Å². The lowest BCUT2D eigenvalue weighted by Gasteiger charge is -2.23. The van der Waals surface area contributed by atoms with Crippen molar-refractivity contribution in [2.45, 2.75) is 39.5 Å². The van der Waals surface area contributed by atoms with Crippen LogP contribution < -0.4 is 10.6 Å². The van der Waals surface area contributed by atoms with Gasteiger partial charge in [-0.25, -0.2) is 0 Å². The molecular weight excluding hydrogens is 224 g/mol. The van der Waals surface area contributed by atoms with Gasteiger partial charge in [0.2, 0.25) is 5.91 Å². The van der Waals surface area contributed by atoms with Gasteiger partial charge in [0, 0.05) is 25.2 Å². The fourth-order valence-corrected chi connectivity index (χ4v) is 1.90. The number of benzene rings is 1. The van der Waals surface area contributed by atoms with Gasteiger partial charge in [-0.15, -0.1) is 0 Å². The molecule has 3 nitrogen and oxygen atoms in total. The van der Waals surface area contributed by atoms with Crippen molar-refractivity contribution in [2.24, 2.45) is 5.73 Å². The quantitative estimate of drug-likeness (QED) is 0.890. The predicted molar refractivity (Wildman–Crippen MR) is 76.8 cm³/mol. The molecule has 0 saturated heterocycles.